The van der Waals surface area contributed by atoms with E-state index in [1.54, 1.807) is 7.11 Å². The molecule has 4 rings (SSSR count). The van der Waals surface area contributed by atoms with Crippen molar-refractivity contribution in [3.8, 4) is 0 Å². The molecule has 1 atom stereocenters. The van der Waals surface area contributed by atoms with Gasteiger partial charge in [-0.3, -0.25) is 9.69 Å². The molecule has 0 radical (unpaired) electrons. The predicted octanol–water partition coefficient (Wildman–Crippen LogP) is 2.37. The quantitative estimate of drug-likeness (QED) is 0.897. The summed E-state index contributed by atoms with van der Waals surface area (Å²) in [6, 6.07) is 7.94. The van der Waals surface area contributed by atoms with Gasteiger partial charge in [0.15, 0.2) is 0 Å². The second-order valence-electron chi connectivity index (χ2n) is 7.93. The number of likely N-dealkylation sites (tertiary alicyclic amines) is 1. The largest absolute Gasteiger partial charge is 0.383 e. The molecular weight excluding hydrogens is 342 g/mol. The van der Waals surface area contributed by atoms with Crippen LogP contribution in [0.2, 0.25) is 0 Å². The van der Waals surface area contributed by atoms with Crippen molar-refractivity contribution in [2.45, 2.75) is 12.8 Å². The Hall–Kier alpha value is -1.89. The van der Waals surface area contributed by atoms with Gasteiger partial charge in [-0.25, -0.2) is 0 Å². The highest BCUT2D eigenvalue weighted by atomic mass is 16.5. The number of piperidine rings is 1. The minimum absolute atomic E-state index is 0.0225. The Bertz CT molecular complexity index is 790. The zero-order valence-electron chi connectivity index (χ0n) is 16.1. The summed E-state index contributed by atoms with van der Waals surface area (Å²) >= 11 is 0. The van der Waals surface area contributed by atoms with Gasteiger partial charge in [0, 0.05) is 62.5 Å². The lowest BCUT2D eigenvalue weighted by Crippen LogP contribution is -2.52. The highest BCUT2D eigenvalue weighted by Gasteiger charge is 2.40. The standard InChI is InChI=1S/C21H29N3O3/c1-26-11-9-23-10-12-27-16-21(14-23)6-2-8-24(15-21)20(25)18-4-3-17-5-7-22-19(17)13-18/h3-5,7,13,22H,2,6,8-12,14-16H2,1H3/t21-/m0/s1. The third-order valence-corrected chi connectivity index (χ3v) is 5.88. The van der Waals surface area contributed by atoms with E-state index in [2.05, 4.69) is 9.88 Å². The first kappa shape index (κ1) is 18.5. The van der Waals surface area contributed by atoms with Crippen LogP contribution >= 0.6 is 0 Å². The van der Waals surface area contributed by atoms with E-state index in [1.807, 2.05) is 35.4 Å². The molecule has 1 N–H and O–H groups in total. The Morgan fingerprint density at radius 1 is 1.30 bits per heavy atom. The van der Waals surface area contributed by atoms with Crippen LogP contribution in [0.15, 0.2) is 30.5 Å². The van der Waals surface area contributed by atoms with E-state index in [4.69, 9.17) is 9.47 Å². The highest BCUT2D eigenvalue weighted by Crippen LogP contribution is 2.33. The molecule has 27 heavy (non-hydrogen) atoms. The van der Waals surface area contributed by atoms with Gasteiger partial charge in [-0.15, -0.1) is 0 Å². The number of benzene rings is 1. The average molecular weight is 371 g/mol. The van der Waals surface area contributed by atoms with Gasteiger partial charge >= 0.3 is 0 Å². The maximum absolute atomic E-state index is 13.2. The lowest BCUT2D eigenvalue weighted by Gasteiger charge is -2.43. The molecule has 6 heteroatoms. The predicted molar refractivity (Wildman–Crippen MR) is 105 cm³/mol. The smallest absolute Gasteiger partial charge is 0.253 e. The van der Waals surface area contributed by atoms with Gasteiger partial charge in [-0.2, -0.15) is 0 Å². The minimum Gasteiger partial charge on any atom is -0.383 e. The first-order chi connectivity index (χ1) is 13.2. The van der Waals surface area contributed by atoms with Crippen LogP contribution in [-0.2, 0) is 9.47 Å². The number of nitrogens with one attached hydrogen (secondary N) is 1. The summed E-state index contributed by atoms with van der Waals surface area (Å²) < 4.78 is 11.2. The van der Waals surface area contributed by atoms with Crippen LogP contribution in [0.3, 0.4) is 0 Å². The molecule has 2 fully saturated rings. The van der Waals surface area contributed by atoms with E-state index < -0.39 is 0 Å². The lowest BCUT2D eigenvalue weighted by atomic mass is 9.80. The number of nitrogens with zero attached hydrogens (tertiary/aromatic N) is 2. The van der Waals surface area contributed by atoms with E-state index in [-0.39, 0.29) is 11.3 Å². The molecule has 1 aromatic heterocycles. The number of carbonyl (C=O) groups is 1. The number of aromatic amines is 1. The van der Waals surface area contributed by atoms with Crippen molar-refractivity contribution in [3.63, 3.8) is 0 Å². The average Bonchev–Trinajstić information content (AvgIpc) is 3.08. The zero-order chi connectivity index (χ0) is 18.7. The number of hydrogen-bond donors (Lipinski definition) is 1. The molecule has 0 saturated carbocycles. The van der Waals surface area contributed by atoms with Crippen molar-refractivity contribution in [1.82, 2.24) is 14.8 Å². The molecular formula is C21H29N3O3. The normalized spacial score (nSPS) is 24.4. The summed E-state index contributed by atoms with van der Waals surface area (Å²) in [5, 5.41) is 1.13. The number of fused-ring (bicyclic) bond motifs is 1. The van der Waals surface area contributed by atoms with Gasteiger partial charge in [0.2, 0.25) is 0 Å². The Labute approximate surface area is 160 Å². The molecule has 6 nitrogen and oxygen atoms in total. The van der Waals surface area contributed by atoms with Gasteiger partial charge in [-0.05, 0) is 36.4 Å². The van der Waals surface area contributed by atoms with Crippen molar-refractivity contribution in [3.05, 3.63) is 36.0 Å². The molecule has 3 heterocycles. The number of ether oxygens (including phenoxy) is 2. The van der Waals surface area contributed by atoms with Gasteiger partial charge in [0.05, 0.1) is 19.8 Å². The molecule has 2 aromatic rings. The number of rotatable bonds is 4. The number of aromatic nitrogens is 1. The minimum atomic E-state index is 0.0225. The van der Waals surface area contributed by atoms with Crippen molar-refractivity contribution in [1.29, 1.82) is 0 Å². The summed E-state index contributed by atoms with van der Waals surface area (Å²) in [5.74, 6) is 0.123. The molecule has 0 bridgehead atoms. The Morgan fingerprint density at radius 2 is 2.22 bits per heavy atom. The Kier molecular flexibility index (Phi) is 5.48. The van der Waals surface area contributed by atoms with Gasteiger partial charge < -0.3 is 19.4 Å². The van der Waals surface area contributed by atoms with E-state index in [1.165, 1.54) is 0 Å². The van der Waals surface area contributed by atoms with Crippen LogP contribution in [-0.4, -0.2) is 80.3 Å². The number of carbonyl (C=O) groups excluding carboxylic acids is 1. The second kappa shape index (κ2) is 8.00. The molecule has 0 unspecified atom stereocenters. The fourth-order valence-corrected chi connectivity index (χ4v) is 4.48. The van der Waals surface area contributed by atoms with E-state index >= 15 is 0 Å². The van der Waals surface area contributed by atoms with Crippen LogP contribution in [0.1, 0.15) is 23.2 Å². The summed E-state index contributed by atoms with van der Waals surface area (Å²) in [6.07, 6.45) is 4.04. The molecule has 1 aromatic carbocycles. The molecule has 2 saturated heterocycles. The first-order valence-corrected chi connectivity index (χ1v) is 9.85. The van der Waals surface area contributed by atoms with Crippen LogP contribution < -0.4 is 0 Å². The van der Waals surface area contributed by atoms with Crippen LogP contribution in [0.5, 0.6) is 0 Å². The third kappa shape index (κ3) is 4.03. The first-order valence-electron chi connectivity index (χ1n) is 9.85. The SMILES string of the molecule is COCCN1CCOC[C@@]2(CCCN(C(=O)c3ccc4cc[nH]c4c3)C2)C1. The maximum Gasteiger partial charge on any atom is 0.253 e. The molecule has 2 aliphatic rings. The van der Waals surface area contributed by atoms with E-state index in [0.29, 0.717) is 0 Å². The molecule has 146 valence electrons. The number of amides is 1. The number of methoxy groups -OCH3 is 1. The fraction of sp³-hybridized carbons (Fsp3) is 0.571. The maximum atomic E-state index is 13.2. The topological polar surface area (TPSA) is 57.8 Å². The van der Waals surface area contributed by atoms with Crippen LogP contribution in [0, 0.1) is 5.41 Å². The van der Waals surface area contributed by atoms with Gasteiger partial charge in [-0.1, -0.05) is 6.07 Å². The van der Waals surface area contributed by atoms with E-state index in [0.717, 1.165) is 81.9 Å². The van der Waals surface area contributed by atoms with Crippen LogP contribution in [0.25, 0.3) is 10.9 Å². The zero-order valence-corrected chi connectivity index (χ0v) is 16.1. The monoisotopic (exact) mass is 371 g/mol. The van der Waals surface area contributed by atoms with Crippen molar-refractivity contribution < 1.29 is 14.3 Å². The van der Waals surface area contributed by atoms with Gasteiger partial charge in [0.1, 0.15) is 0 Å². The summed E-state index contributed by atoms with van der Waals surface area (Å²) in [6.45, 7) is 6.62. The molecule has 2 aliphatic heterocycles. The lowest BCUT2D eigenvalue weighted by molar-refractivity contribution is 0.00621. The molecule has 0 aliphatic carbocycles. The molecule has 1 spiro atoms. The van der Waals surface area contributed by atoms with Gasteiger partial charge in [0.25, 0.3) is 5.91 Å². The van der Waals surface area contributed by atoms with E-state index in [9.17, 15) is 4.79 Å². The highest BCUT2D eigenvalue weighted by molar-refractivity contribution is 5.98. The number of hydrogen-bond acceptors (Lipinski definition) is 4. The molecule has 1 amide bonds. The van der Waals surface area contributed by atoms with Crippen LogP contribution in [0.4, 0.5) is 0 Å². The third-order valence-electron chi connectivity index (χ3n) is 5.88. The number of H-pyrrole nitrogens is 1. The second-order valence-corrected chi connectivity index (χ2v) is 7.93. The Balaban J connectivity index is 1.49. The van der Waals surface area contributed by atoms with Crippen molar-refractivity contribution in [2.75, 3.05) is 59.7 Å². The van der Waals surface area contributed by atoms with Crippen molar-refractivity contribution >= 4 is 16.8 Å². The summed E-state index contributed by atoms with van der Waals surface area (Å²) in [7, 11) is 1.74. The summed E-state index contributed by atoms with van der Waals surface area (Å²) in [5.41, 5.74) is 1.79. The Morgan fingerprint density at radius 3 is 3.11 bits per heavy atom. The summed E-state index contributed by atoms with van der Waals surface area (Å²) in [4.78, 5) is 20.8. The van der Waals surface area contributed by atoms with Crippen molar-refractivity contribution in [2.24, 2.45) is 5.41 Å². The fourth-order valence-electron chi connectivity index (χ4n) is 4.48.